The third-order valence-corrected chi connectivity index (χ3v) is 3.71. The van der Waals surface area contributed by atoms with Gasteiger partial charge in [-0.2, -0.15) is 0 Å². The quantitative estimate of drug-likeness (QED) is 0.774. The molecule has 0 aromatic heterocycles. The lowest BCUT2D eigenvalue weighted by Gasteiger charge is -2.15. The average Bonchev–Trinajstić information content (AvgIpc) is 2.57. The van der Waals surface area contributed by atoms with Gasteiger partial charge in [0.25, 0.3) is 0 Å². The van der Waals surface area contributed by atoms with Crippen molar-refractivity contribution in [2.45, 2.75) is 19.6 Å². The first-order chi connectivity index (χ1) is 11.2. The summed E-state index contributed by atoms with van der Waals surface area (Å²) in [5, 5.41) is 13.9. The molecule has 0 radical (unpaired) electrons. The highest BCUT2D eigenvalue weighted by Gasteiger charge is 2.12. The second kappa shape index (κ2) is 8.77. The molecule has 0 unspecified atom stereocenters. The van der Waals surface area contributed by atoms with Crippen molar-refractivity contribution in [2.24, 2.45) is 0 Å². The monoisotopic (exact) mass is 335 g/mol. The summed E-state index contributed by atoms with van der Waals surface area (Å²) in [6, 6.07) is 13.3. The molecular formula is C18H22ClNO3. The molecule has 2 rings (SSSR count). The highest BCUT2D eigenvalue weighted by Crippen LogP contribution is 2.36. The summed E-state index contributed by atoms with van der Waals surface area (Å²) in [5.41, 5.74) is 1.86. The summed E-state index contributed by atoms with van der Waals surface area (Å²) in [4.78, 5) is 0. The Bertz CT molecular complexity index is 619. The molecule has 5 heteroatoms. The maximum atomic E-state index is 10.1. The van der Waals surface area contributed by atoms with E-state index in [0.29, 0.717) is 36.2 Å². The Morgan fingerprint density at radius 3 is 2.61 bits per heavy atom. The molecule has 0 heterocycles. The van der Waals surface area contributed by atoms with Gasteiger partial charge in [0.2, 0.25) is 0 Å². The van der Waals surface area contributed by atoms with Crippen molar-refractivity contribution in [2.75, 3.05) is 20.3 Å². The number of hydrogen-bond acceptors (Lipinski definition) is 4. The van der Waals surface area contributed by atoms with Crippen LogP contribution in [0.25, 0.3) is 0 Å². The van der Waals surface area contributed by atoms with Crippen LogP contribution in [0.3, 0.4) is 0 Å². The smallest absolute Gasteiger partial charge is 0.179 e. The highest BCUT2D eigenvalue weighted by atomic mass is 35.5. The number of aliphatic hydroxyl groups is 1. The van der Waals surface area contributed by atoms with Crippen LogP contribution in [0, 0.1) is 0 Å². The van der Waals surface area contributed by atoms with Crippen molar-refractivity contribution in [1.29, 1.82) is 0 Å². The molecule has 0 aliphatic carbocycles. The first-order valence-corrected chi connectivity index (χ1v) is 7.96. The zero-order valence-electron chi connectivity index (χ0n) is 13.4. The van der Waals surface area contributed by atoms with Gasteiger partial charge in [0.05, 0.1) is 24.8 Å². The van der Waals surface area contributed by atoms with Crippen LogP contribution in [0.4, 0.5) is 0 Å². The maximum absolute atomic E-state index is 10.1. The SMILES string of the molecule is CCOc1c(Cl)cc(CNC[C@@H](O)c2ccccc2)cc1OC. The summed E-state index contributed by atoms with van der Waals surface area (Å²) in [6.07, 6.45) is -0.545. The van der Waals surface area contributed by atoms with Crippen molar-refractivity contribution in [3.05, 3.63) is 58.6 Å². The average molecular weight is 336 g/mol. The molecule has 2 N–H and O–H groups in total. The van der Waals surface area contributed by atoms with E-state index in [-0.39, 0.29) is 0 Å². The minimum absolute atomic E-state index is 0.456. The fraction of sp³-hybridized carbons (Fsp3) is 0.333. The molecule has 4 nitrogen and oxygen atoms in total. The zero-order valence-corrected chi connectivity index (χ0v) is 14.1. The molecule has 2 aromatic carbocycles. The fourth-order valence-corrected chi connectivity index (χ4v) is 2.59. The molecule has 0 bridgehead atoms. The van der Waals surface area contributed by atoms with E-state index in [1.54, 1.807) is 7.11 Å². The molecular weight excluding hydrogens is 314 g/mol. The molecule has 2 aromatic rings. The Morgan fingerprint density at radius 1 is 1.22 bits per heavy atom. The van der Waals surface area contributed by atoms with Gasteiger partial charge in [0.1, 0.15) is 0 Å². The second-order valence-corrected chi connectivity index (χ2v) is 5.51. The van der Waals surface area contributed by atoms with E-state index in [2.05, 4.69) is 5.32 Å². The van der Waals surface area contributed by atoms with Crippen LogP contribution in [0.2, 0.25) is 5.02 Å². The van der Waals surface area contributed by atoms with Gasteiger partial charge in [-0.25, -0.2) is 0 Å². The van der Waals surface area contributed by atoms with Crippen LogP contribution in [-0.4, -0.2) is 25.4 Å². The number of hydrogen-bond donors (Lipinski definition) is 2. The number of nitrogens with one attached hydrogen (secondary N) is 1. The van der Waals surface area contributed by atoms with Gasteiger partial charge in [-0.05, 0) is 30.2 Å². The zero-order chi connectivity index (χ0) is 16.7. The van der Waals surface area contributed by atoms with Crippen LogP contribution in [-0.2, 0) is 6.54 Å². The van der Waals surface area contributed by atoms with E-state index >= 15 is 0 Å². The lowest BCUT2D eigenvalue weighted by Crippen LogP contribution is -2.21. The van der Waals surface area contributed by atoms with Gasteiger partial charge in [-0.15, -0.1) is 0 Å². The van der Waals surface area contributed by atoms with E-state index in [0.717, 1.165) is 11.1 Å². The van der Waals surface area contributed by atoms with Gasteiger partial charge in [0.15, 0.2) is 11.5 Å². The summed E-state index contributed by atoms with van der Waals surface area (Å²) >= 11 is 6.25. The minimum Gasteiger partial charge on any atom is -0.493 e. The predicted molar refractivity (Wildman–Crippen MR) is 92.3 cm³/mol. The van der Waals surface area contributed by atoms with E-state index in [4.69, 9.17) is 21.1 Å². The lowest BCUT2D eigenvalue weighted by atomic mass is 10.1. The summed E-state index contributed by atoms with van der Waals surface area (Å²) in [7, 11) is 1.59. The first kappa shape index (κ1) is 17.6. The summed E-state index contributed by atoms with van der Waals surface area (Å²) < 4.78 is 10.8. The van der Waals surface area contributed by atoms with Gasteiger partial charge in [0, 0.05) is 13.1 Å². The fourth-order valence-electron chi connectivity index (χ4n) is 2.31. The normalized spacial score (nSPS) is 12.0. The molecule has 0 amide bonds. The van der Waals surface area contributed by atoms with Crippen molar-refractivity contribution < 1.29 is 14.6 Å². The molecule has 0 saturated carbocycles. The number of ether oxygens (including phenoxy) is 2. The Labute approximate surface area is 142 Å². The van der Waals surface area contributed by atoms with Crippen LogP contribution >= 0.6 is 11.6 Å². The molecule has 0 aliphatic rings. The largest absolute Gasteiger partial charge is 0.493 e. The maximum Gasteiger partial charge on any atom is 0.179 e. The number of methoxy groups -OCH3 is 1. The van der Waals surface area contributed by atoms with Crippen LogP contribution in [0.15, 0.2) is 42.5 Å². The second-order valence-electron chi connectivity index (χ2n) is 5.10. The number of benzene rings is 2. The van der Waals surface area contributed by atoms with Crippen molar-refractivity contribution in [3.63, 3.8) is 0 Å². The molecule has 1 atom stereocenters. The van der Waals surface area contributed by atoms with Gasteiger partial charge < -0.3 is 19.9 Å². The Balaban J connectivity index is 1.97. The van der Waals surface area contributed by atoms with E-state index < -0.39 is 6.10 Å². The molecule has 0 spiro atoms. The summed E-state index contributed by atoms with van der Waals surface area (Å²) in [5.74, 6) is 1.17. The third kappa shape index (κ3) is 4.86. The topological polar surface area (TPSA) is 50.7 Å². The Hall–Kier alpha value is -1.75. The molecule has 124 valence electrons. The number of halogens is 1. The van der Waals surface area contributed by atoms with E-state index in [9.17, 15) is 5.11 Å². The Morgan fingerprint density at radius 2 is 1.96 bits per heavy atom. The van der Waals surface area contributed by atoms with Crippen molar-refractivity contribution >= 4 is 11.6 Å². The third-order valence-electron chi connectivity index (χ3n) is 3.43. The van der Waals surface area contributed by atoms with E-state index in [1.807, 2.05) is 49.4 Å². The van der Waals surface area contributed by atoms with Gasteiger partial charge in [-0.3, -0.25) is 0 Å². The highest BCUT2D eigenvalue weighted by molar-refractivity contribution is 6.32. The molecule has 23 heavy (non-hydrogen) atoms. The number of rotatable bonds is 8. The number of aliphatic hydroxyl groups excluding tert-OH is 1. The minimum atomic E-state index is -0.545. The van der Waals surface area contributed by atoms with Gasteiger partial charge in [-0.1, -0.05) is 41.9 Å². The van der Waals surface area contributed by atoms with Crippen LogP contribution < -0.4 is 14.8 Å². The lowest BCUT2D eigenvalue weighted by molar-refractivity contribution is 0.174. The standard InChI is InChI=1S/C18H22ClNO3/c1-3-23-18-15(19)9-13(10-17(18)22-2)11-20-12-16(21)14-7-5-4-6-8-14/h4-10,16,20-21H,3,11-12H2,1-2H3/t16-/m1/s1. The van der Waals surface area contributed by atoms with Crippen molar-refractivity contribution in [3.8, 4) is 11.5 Å². The van der Waals surface area contributed by atoms with Crippen LogP contribution in [0.1, 0.15) is 24.2 Å². The predicted octanol–water partition coefficient (Wildman–Crippen LogP) is 3.57. The van der Waals surface area contributed by atoms with Gasteiger partial charge >= 0.3 is 0 Å². The molecule has 0 aliphatic heterocycles. The first-order valence-electron chi connectivity index (χ1n) is 7.58. The Kier molecular flexibility index (Phi) is 6.71. The van der Waals surface area contributed by atoms with Crippen molar-refractivity contribution in [1.82, 2.24) is 5.32 Å². The van der Waals surface area contributed by atoms with Crippen LogP contribution in [0.5, 0.6) is 11.5 Å². The van der Waals surface area contributed by atoms with E-state index in [1.165, 1.54) is 0 Å². The molecule has 0 fully saturated rings. The molecule has 0 saturated heterocycles. The summed E-state index contributed by atoms with van der Waals surface area (Å²) in [6.45, 7) is 3.46.